The maximum Gasteiger partial charge on any atom is 0.168 e. The van der Waals surface area contributed by atoms with Gasteiger partial charge in [-0.15, -0.1) is 0 Å². The molecular weight excluding hydrogens is 264 g/mol. The Morgan fingerprint density at radius 2 is 1.76 bits per heavy atom. The summed E-state index contributed by atoms with van der Waals surface area (Å²) >= 11 is 0. The van der Waals surface area contributed by atoms with Gasteiger partial charge in [0.25, 0.3) is 0 Å². The average molecular weight is 284 g/mol. The van der Waals surface area contributed by atoms with Gasteiger partial charge in [-0.2, -0.15) is 5.10 Å². The van der Waals surface area contributed by atoms with Gasteiger partial charge in [0.05, 0.1) is 18.9 Å². The molecule has 0 unspecified atom stereocenters. The second-order valence-electron chi connectivity index (χ2n) is 5.92. The minimum Gasteiger partial charge on any atom is -0.348 e. The molecule has 110 valence electrons. The van der Waals surface area contributed by atoms with Crippen molar-refractivity contribution >= 4 is 0 Å². The standard InChI is InChI=1S/C17H20N2O2/c1-10-18-19(11-1)16-4-2-14(3-5-16)15-6-8-17(9-7-15)20-12-13-21-17/h1-5,10-11,15H,6-9,12-13H2. The molecule has 2 heterocycles. The SMILES string of the molecule is c1cnn(-c2ccc(C3CCC4(CC3)OCCO4)cc2)c1. The van der Waals surface area contributed by atoms with E-state index in [9.17, 15) is 0 Å². The molecule has 0 amide bonds. The predicted octanol–water partition coefficient (Wildman–Crippen LogP) is 3.27. The van der Waals surface area contributed by atoms with Gasteiger partial charge in [-0.3, -0.25) is 0 Å². The third kappa shape index (κ3) is 2.49. The lowest BCUT2D eigenvalue weighted by Crippen LogP contribution is -2.34. The van der Waals surface area contributed by atoms with Crippen LogP contribution in [0.15, 0.2) is 42.7 Å². The highest BCUT2D eigenvalue weighted by Gasteiger charge is 2.40. The van der Waals surface area contributed by atoms with Gasteiger partial charge >= 0.3 is 0 Å². The molecule has 21 heavy (non-hydrogen) atoms. The second kappa shape index (κ2) is 5.28. The lowest BCUT2D eigenvalue weighted by molar-refractivity contribution is -0.178. The maximum absolute atomic E-state index is 5.80. The lowest BCUT2D eigenvalue weighted by atomic mass is 9.81. The summed E-state index contributed by atoms with van der Waals surface area (Å²) in [6.45, 7) is 1.51. The first-order valence-electron chi connectivity index (χ1n) is 7.73. The van der Waals surface area contributed by atoms with Crippen molar-refractivity contribution in [3.05, 3.63) is 48.3 Å². The third-order valence-electron chi connectivity index (χ3n) is 4.69. The Hall–Kier alpha value is -1.65. The summed E-state index contributed by atoms with van der Waals surface area (Å²) in [6.07, 6.45) is 8.07. The van der Waals surface area contributed by atoms with Crippen molar-refractivity contribution < 1.29 is 9.47 Å². The van der Waals surface area contributed by atoms with Crippen LogP contribution in [0, 0.1) is 0 Å². The molecule has 4 heteroatoms. The number of hydrogen-bond donors (Lipinski definition) is 0. The van der Waals surface area contributed by atoms with E-state index in [0.29, 0.717) is 5.92 Å². The number of rotatable bonds is 2. The first kappa shape index (κ1) is 13.0. The molecule has 1 aliphatic heterocycles. The molecule has 1 aliphatic carbocycles. The molecule has 1 saturated heterocycles. The molecular formula is C17H20N2O2. The Bertz CT molecular complexity index is 576. The van der Waals surface area contributed by atoms with Crippen LogP contribution >= 0.6 is 0 Å². The molecule has 1 aromatic heterocycles. The van der Waals surface area contributed by atoms with Crippen molar-refractivity contribution in [3.8, 4) is 5.69 Å². The number of hydrogen-bond acceptors (Lipinski definition) is 3. The van der Waals surface area contributed by atoms with E-state index in [0.717, 1.165) is 44.6 Å². The van der Waals surface area contributed by atoms with Crippen LogP contribution in [0.5, 0.6) is 0 Å². The highest BCUT2D eigenvalue weighted by Crippen LogP contribution is 2.42. The first-order chi connectivity index (χ1) is 10.3. The van der Waals surface area contributed by atoms with Crippen molar-refractivity contribution in [2.24, 2.45) is 0 Å². The minimum absolute atomic E-state index is 0.258. The van der Waals surface area contributed by atoms with Crippen molar-refractivity contribution in [3.63, 3.8) is 0 Å². The predicted molar refractivity (Wildman–Crippen MR) is 79.4 cm³/mol. The molecule has 4 rings (SSSR count). The van der Waals surface area contributed by atoms with Crippen molar-refractivity contribution in [2.75, 3.05) is 13.2 Å². The Morgan fingerprint density at radius 3 is 2.38 bits per heavy atom. The molecule has 2 aromatic rings. The normalized spacial score (nSPS) is 21.9. The Balaban J connectivity index is 1.45. The zero-order chi connectivity index (χ0) is 14.1. The van der Waals surface area contributed by atoms with Gasteiger partial charge in [-0.1, -0.05) is 12.1 Å². The van der Waals surface area contributed by atoms with Crippen molar-refractivity contribution in [1.82, 2.24) is 9.78 Å². The summed E-state index contributed by atoms with van der Waals surface area (Å²) in [5, 5.41) is 4.26. The van der Waals surface area contributed by atoms with Gasteiger partial charge in [-0.05, 0) is 42.5 Å². The molecule has 4 nitrogen and oxygen atoms in total. The van der Waals surface area contributed by atoms with Crippen LogP contribution in [0.4, 0.5) is 0 Å². The highest BCUT2D eigenvalue weighted by molar-refractivity contribution is 5.35. The number of nitrogens with zero attached hydrogens (tertiary/aromatic N) is 2. The first-order valence-corrected chi connectivity index (χ1v) is 7.73. The molecule has 1 saturated carbocycles. The Kier molecular flexibility index (Phi) is 3.28. The highest BCUT2D eigenvalue weighted by atomic mass is 16.7. The lowest BCUT2D eigenvalue weighted by Gasteiger charge is -2.35. The van der Waals surface area contributed by atoms with Crippen LogP contribution in [0.2, 0.25) is 0 Å². The zero-order valence-corrected chi connectivity index (χ0v) is 12.1. The van der Waals surface area contributed by atoms with Gasteiger partial charge in [0.15, 0.2) is 5.79 Å². The maximum atomic E-state index is 5.80. The number of aromatic nitrogens is 2. The second-order valence-corrected chi connectivity index (χ2v) is 5.92. The smallest absolute Gasteiger partial charge is 0.168 e. The summed E-state index contributed by atoms with van der Waals surface area (Å²) < 4.78 is 13.5. The van der Waals surface area contributed by atoms with E-state index in [1.807, 2.05) is 16.9 Å². The molecule has 0 atom stereocenters. The zero-order valence-electron chi connectivity index (χ0n) is 12.1. The molecule has 1 aromatic carbocycles. The van der Waals surface area contributed by atoms with E-state index in [4.69, 9.17) is 9.47 Å². The molecule has 1 spiro atoms. The van der Waals surface area contributed by atoms with Crippen LogP contribution in [0.1, 0.15) is 37.2 Å². The van der Waals surface area contributed by atoms with Gasteiger partial charge in [0.1, 0.15) is 0 Å². The minimum atomic E-state index is -0.258. The molecule has 0 N–H and O–H groups in total. The van der Waals surface area contributed by atoms with Gasteiger partial charge < -0.3 is 9.47 Å². The monoisotopic (exact) mass is 284 g/mol. The fourth-order valence-electron chi connectivity index (χ4n) is 3.50. The van der Waals surface area contributed by atoms with Gasteiger partial charge in [0, 0.05) is 25.2 Å². The number of ether oxygens (including phenoxy) is 2. The fraction of sp³-hybridized carbons (Fsp3) is 0.471. The third-order valence-corrected chi connectivity index (χ3v) is 4.69. The van der Waals surface area contributed by atoms with E-state index in [2.05, 4.69) is 29.4 Å². The van der Waals surface area contributed by atoms with E-state index in [1.165, 1.54) is 5.56 Å². The van der Waals surface area contributed by atoms with E-state index >= 15 is 0 Å². The fourth-order valence-corrected chi connectivity index (χ4v) is 3.50. The summed E-state index contributed by atoms with van der Waals surface area (Å²) in [5.74, 6) is 0.362. The van der Waals surface area contributed by atoms with Crippen molar-refractivity contribution in [2.45, 2.75) is 37.4 Å². The molecule has 0 bridgehead atoms. The molecule has 2 aliphatic rings. The molecule has 0 radical (unpaired) electrons. The summed E-state index contributed by atoms with van der Waals surface area (Å²) in [5.41, 5.74) is 2.53. The Morgan fingerprint density at radius 1 is 1.05 bits per heavy atom. The largest absolute Gasteiger partial charge is 0.348 e. The quantitative estimate of drug-likeness (QED) is 0.849. The summed E-state index contributed by atoms with van der Waals surface area (Å²) in [6, 6.07) is 10.7. The van der Waals surface area contributed by atoms with Crippen LogP contribution in [-0.4, -0.2) is 28.8 Å². The van der Waals surface area contributed by atoms with Crippen LogP contribution < -0.4 is 0 Å². The van der Waals surface area contributed by atoms with Crippen LogP contribution in [-0.2, 0) is 9.47 Å². The summed E-state index contributed by atoms with van der Waals surface area (Å²) in [7, 11) is 0. The van der Waals surface area contributed by atoms with Gasteiger partial charge in [-0.25, -0.2) is 4.68 Å². The summed E-state index contributed by atoms with van der Waals surface area (Å²) in [4.78, 5) is 0. The Labute approximate surface area is 124 Å². The average Bonchev–Trinajstić information content (AvgIpc) is 3.21. The van der Waals surface area contributed by atoms with Crippen LogP contribution in [0.3, 0.4) is 0 Å². The van der Waals surface area contributed by atoms with E-state index in [-0.39, 0.29) is 5.79 Å². The number of benzene rings is 1. The van der Waals surface area contributed by atoms with E-state index < -0.39 is 0 Å². The molecule has 2 fully saturated rings. The van der Waals surface area contributed by atoms with Crippen LogP contribution in [0.25, 0.3) is 5.69 Å². The van der Waals surface area contributed by atoms with Gasteiger partial charge in [0.2, 0.25) is 0 Å². The van der Waals surface area contributed by atoms with Crippen molar-refractivity contribution in [1.29, 1.82) is 0 Å². The topological polar surface area (TPSA) is 36.3 Å². The van der Waals surface area contributed by atoms with E-state index in [1.54, 1.807) is 6.20 Å².